The first-order valence-electron chi connectivity index (χ1n) is 6.24. The highest BCUT2D eigenvalue weighted by Crippen LogP contribution is 2.34. The number of rotatable bonds is 5. The van der Waals surface area contributed by atoms with E-state index in [0.717, 1.165) is 10.3 Å². The minimum Gasteiger partial charge on any atom is -0.391 e. The molecule has 0 amide bonds. The summed E-state index contributed by atoms with van der Waals surface area (Å²) in [6.07, 6.45) is 0. The molecule has 0 aliphatic rings. The van der Waals surface area contributed by atoms with E-state index in [1.54, 1.807) is 12.1 Å². The predicted molar refractivity (Wildman–Crippen MR) is 86.1 cm³/mol. The van der Waals surface area contributed by atoms with E-state index in [1.807, 2.05) is 29.0 Å². The number of hydrogen-bond donors (Lipinski definition) is 2. The third-order valence-corrected chi connectivity index (χ3v) is 6.62. The maximum Gasteiger partial charge on any atom is 0.242 e. The first-order chi connectivity index (χ1) is 10.1. The summed E-state index contributed by atoms with van der Waals surface area (Å²) in [6.45, 7) is -0.0328. The van der Waals surface area contributed by atoms with Gasteiger partial charge in [-0.25, -0.2) is 13.1 Å². The molecule has 110 valence electrons. The van der Waals surface area contributed by atoms with Crippen molar-refractivity contribution in [3.05, 3.63) is 51.5 Å². The lowest BCUT2D eigenvalue weighted by Gasteiger charge is -2.07. The molecule has 0 bridgehead atoms. The van der Waals surface area contributed by atoms with E-state index in [2.05, 4.69) is 4.72 Å². The molecule has 0 spiro atoms. The first-order valence-corrected chi connectivity index (χ1v) is 9.48. The van der Waals surface area contributed by atoms with Crippen LogP contribution in [0, 0.1) is 0 Å². The largest absolute Gasteiger partial charge is 0.391 e. The number of nitrogens with one attached hydrogen (secondary N) is 1. The quantitative estimate of drug-likeness (QED) is 0.751. The molecule has 3 rings (SSSR count). The van der Waals surface area contributed by atoms with Crippen LogP contribution in [0.15, 0.2) is 46.0 Å². The molecule has 2 N–H and O–H groups in total. The Bertz CT molecular complexity index is 851. The second kappa shape index (κ2) is 5.86. The molecule has 0 unspecified atom stereocenters. The van der Waals surface area contributed by atoms with Gasteiger partial charge in [0, 0.05) is 16.6 Å². The Labute approximate surface area is 130 Å². The fourth-order valence-corrected chi connectivity index (χ4v) is 5.59. The van der Waals surface area contributed by atoms with Crippen LogP contribution >= 0.6 is 22.7 Å². The molecule has 4 nitrogen and oxygen atoms in total. The third kappa shape index (κ3) is 2.88. The maximum atomic E-state index is 12.6. The Morgan fingerprint density at radius 1 is 1.19 bits per heavy atom. The fourth-order valence-electron chi connectivity index (χ4n) is 2.11. The van der Waals surface area contributed by atoms with Crippen molar-refractivity contribution in [2.24, 2.45) is 0 Å². The molecule has 3 aromatic rings. The zero-order valence-corrected chi connectivity index (χ0v) is 13.4. The summed E-state index contributed by atoms with van der Waals surface area (Å²) in [7, 11) is -3.66. The van der Waals surface area contributed by atoms with Crippen LogP contribution in [0.25, 0.3) is 10.1 Å². The Kier molecular flexibility index (Phi) is 4.10. The van der Waals surface area contributed by atoms with Crippen LogP contribution in [0.4, 0.5) is 0 Å². The number of thiophene rings is 2. The topological polar surface area (TPSA) is 66.4 Å². The van der Waals surface area contributed by atoms with Gasteiger partial charge in [-0.1, -0.05) is 18.2 Å². The van der Waals surface area contributed by atoms with E-state index < -0.39 is 10.0 Å². The molecule has 1 aromatic carbocycles. The minimum absolute atomic E-state index is 0.195. The average molecular weight is 339 g/mol. The number of aliphatic hydroxyl groups is 1. The zero-order chi connectivity index (χ0) is 14.9. The number of fused-ring (bicyclic) bond motifs is 1. The highest BCUT2D eigenvalue weighted by Gasteiger charge is 2.23. The molecule has 7 heteroatoms. The van der Waals surface area contributed by atoms with Crippen LogP contribution in [0.5, 0.6) is 0 Å². The van der Waals surface area contributed by atoms with Gasteiger partial charge in [0.1, 0.15) is 4.90 Å². The molecule has 0 aliphatic heterocycles. The lowest BCUT2D eigenvalue weighted by molar-refractivity contribution is 0.283. The normalized spacial score (nSPS) is 12.0. The summed E-state index contributed by atoms with van der Waals surface area (Å²) < 4.78 is 28.6. The van der Waals surface area contributed by atoms with Crippen molar-refractivity contribution in [2.45, 2.75) is 18.0 Å². The Balaban J connectivity index is 2.01. The van der Waals surface area contributed by atoms with E-state index >= 15 is 0 Å². The SMILES string of the molecule is O=S(=O)(NCc1ccsc1)c1c(CO)sc2ccccc12. The third-order valence-electron chi connectivity index (χ3n) is 3.08. The van der Waals surface area contributed by atoms with Gasteiger partial charge in [-0.15, -0.1) is 11.3 Å². The van der Waals surface area contributed by atoms with E-state index in [0.29, 0.717) is 10.3 Å². The Hall–Kier alpha value is -1.25. The van der Waals surface area contributed by atoms with E-state index in [-0.39, 0.29) is 18.0 Å². The van der Waals surface area contributed by atoms with E-state index in [9.17, 15) is 13.5 Å². The highest BCUT2D eigenvalue weighted by atomic mass is 32.2. The predicted octanol–water partition coefficient (Wildman–Crippen LogP) is 2.93. The Morgan fingerprint density at radius 2 is 2.00 bits per heavy atom. The van der Waals surface area contributed by atoms with E-state index in [1.165, 1.54) is 22.7 Å². The van der Waals surface area contributed by atoms with Crippen molar-refractivity contribution >= 4 is 42.8 Å². The zero-order valence-electron chi connectivity index (χ0n) is 10.9. The molecule has 2 aromatic heterocycles. The highest BCUT2D eigenvalue weighted by molar-refractivity contribution is 7.90. The van der Waals surface area contributed by atoms with E-state index in [4.69, 9.17) is 0 Å². The van der Waals surface area contributed by atoms with Gasteiger partial charge in [0.2, 0.25) is 10.0 Å². The van der Waals surface area contributed by atoms with Crippen LogP contribution in [0.1, 0.15) is 10.4 Å². The molecular formula is C14H13NO3S3. The summed E-state index contributed by atoms with van der Waals surface area (Å²) in [6, 6.07) is 9.16. The molecule has 0 saturated carbocycles. The number of benzene rings is 1. The van der Waals surface area contributed by atoms with Crippen LogP contribution in [-0.4, -0.2) is 13.5 Å². The van der Waals surface area contributed by atoms with Crippen molar-refractivity contribution < 1.29 is 13.5 Å². The molecule has 0 radical (unpaired) electrons. The standard InChI is InChI=1S/C14H13NO3S3/c16-8-13-14(11-3-1-2-4-12(11)20-13)21(17,18)15-7-10-5-6-19-9-10/h1-6,9,15-16H,7-8H2. The van der Waals surface area contributed by atoms with Crippen molar-refractivity contribution in [1.29, 1.82) is 0 Å². The average Bonchev–Trinajstić information content (AvgIpc) is 3.12. The summed E-state index contributed by atoms with van der Waals surface area (Å²) in [5.74, 6) is 0. The molecular weight excluding hydrogens is 326 g/mol. The van der Waals surface area contributed by atoms with Gasteiger partial charge in [-0.2, -0.15) is 11.3 Å². The first kappa shape index (κ1) is 14.7. The summed E-state index contributed by atoms with van der Waals surface area (Å²) >= 11 is 2.83. The number of sulfonamides is 1. The molecule has 21 heavy (non-hydrogen) atoms. The van der Waals surface area contributed by atoms with Crippen molar-refractivity contribution in [3.63, 3.8) is 0 Å². The lowest BCUT2D eigenvalue weighted by atomic mass is 10.2. The van der Waals surface area contributed by atoms with Gasteiger partial charge in [0.25, 0.3) is 0 Å². The monoisotopic (exact) mass is 339 g/mol. The van der Waals surface area contributed by atoms with Crippen molar-refractivity contribution in [3.8, 4) is 0 Å². The van der Waals surface area contributed by atoms with Crippen LogP contribution in [0.3, 0.4) is 0 Å². The van der Waals surface area contributed by atoms with Gasteiger partial charge in [0.15, 0.2) is 0 Å². The van der Waals surface area contributed by atoms with Gasteiger partial charge in [0.05, 0.1) is 11.5 Å². The van der Waals surface area contributed by atoms with Crippen LogP contribution in [-0.2, 0) is 23.2 Å². The molecule has 0 atom stereocenters. The van der Waals surface area contributed by atoms with Crippen molar-refractivity contribution in [1.82, 2.24) is 4.72 Å². The molecule has 0 aliphatic carbocycles. The van der Waals surface area contributed by atoms with Gasteiger partial charge >= 0.3 is 0 Å². The summed E-state index contributed by atoms with van der Waals surface area (Å²) in [5.41, 5.74) is 0.925. The molecule has 2 heterocycles. The van der Waals surface area contributed by atoms with Crippen LogP contribution < -0.4 is 4.72 Å². The van der Waals surface area contributed by atoms with Gasteiger partial charge < -0.3 is 5.11 Å². The summed E-state index contributed by atoms with van der Waals surface area (Å²) in [4.78, 5) is 0.662. The van der Waals surface area contributed by atoms with Crippen LogP contribution in [0.2, 0.25) is 0 Å². The maximum absolute atomic E-state index is 12.6. The smallest absolute Gasteiger partial charge is 0.242 e. The number of aliphatic hydroxyl groups excluding tert-OH is 1. The summed E-state index contributed by atoms with van der Waals surface area (Å²) in [5, 5.41) is 13.9. The molecule has 0 fully saturated rings. The second-order valence-electron chi connectivity index (χ2n) is 4.46. The Morgan fingerprint density at radius 3 is 2.71 bits per heavy atom. The van der Waals surface area contributed by atoms with Gasteiger partial charge in [-0.3, -0.25) is 0 Å². The number of hydrogen-bond acceptors (Lipinski definition) is 5. The molecule has 0 saturated heterocycles. The van der Waals surface area contributed by atoms with Crippen molar-refractivity contribution in [2.75, 3.05) is 0 Å². The lowest BCUT2D eigenvalue weighted by Crippen LogP contribution is -2.23. The second-order valence-corrected chi connectivity index (χ2v) is 8.09. The fraction of sp³-hybridized carbons (Fsp3) is 0.143. The minimum atomic E-state index is -3.66. The van der Waals surface area contributed by atoms with Gasteiger partial charge in [-0.05, 0) is 28.5 Å².